The molecule has 0 fully saturated rings. The Bertz CT molecular complexity index is 1900. The van der Waals surface area contributed by atoms with E-state index in [-0.39, 0.29) is 0 Å². The number of nitrogens with zero attached hydrogens (tertiary/aromatic N) is 4. The van der Waals surface area contributed by atoms with Gasteiger partial charge in [-0.05, 0) is 59.8 Å². The number of rotatable bonds is 8. The van der Waals surface area contributed by atoms with Crippen molar-refractivity contribution in [2.75, 3.05) is 0 Å². The third-order valence-corrected chi connectivity index (χ3v) is 11.8. The van der Waals surface area contributed by atoms with Crippen LogP contribution in [-0.2, 0) is 0 Å². The van der Waals surface area contributed by atoms with Crippen LogP contribution in [0.2, 0.25) is 0 Å². The summed E-state index contributed by atoms with van der Waals surface area (Å²) in [5, 5.41) is 17.1. The van der Waals surface area contributed by atoms with Crippen molar-refractivity contribution in [3.8, 4) is 0 Å². The molecule has 8 aromatic rings. The van der Waals surface area contributed by atoms with Crippen LogP contribution >= 0.6 is 47.0 Å². The summed E-state index contributed by atoms with van der Waals surface area (Å²) in [6.07, 6.45) is 1.94. The van der Waals surface area contributed by atoms with Gasteiger partial charge in [0.25, 0.3) is 0 Å². The lowest BCUT2D eigenvalue weighted by Crippen LogP contribution is -2.01. The van der Waals surface area contributed by atoms with Gasteiger partial charge in [0, 0.05) is 46.8 Å². The molecule has 0 N–H and O–H groups in total. The molecule has 0 saturated carbocycles. The molecule has 2 aromatic heterocycles. The Morgan fingerprint density at radius 3 is 1.20 bits per heavy atom. The first-order valence-electron chi connectivity index (χ1n) is 14.0. The molecule has 44 heavy (non-hydrogen) atoms. The second kappa shape index (κ2) is 12.1. The van der Waals surface area contributed by atoms with E-state index in [2.05, 4.69) is 114 Å². The van der Waals surface area contributed by atoms with E-state index in [0.29, 0.717) is 0 Å². The van der Waals surface area contributed by atoms with Crippen LogP contribution in [0.3, 0.4) is 0 Å². The Morgan fingerprint density at radius 1 is 0.364 bits per heavy atom. The van der Waals surface area contributed by atoms with E-state index >= 15 is 0 Å². The minimum absolute atomic E-state index is 0.846. The normalized spacial score (nSPS) is 11.5. The fourth-order valence-electron chi connectivity index (χ4n) is 5.21. The van der Waals surface area contributed by atoms with Gasteiger partial charge in [-0.25, -0.2) is 0 Å². The largest absolute Gasteiger partial charge is 0.255 e. The number of aromatic nitrogens is 4. The second-order valence-corrected chi connectivity index (χ2v) is 14.3. The molecule has 0 spiro atoms. The van der Waals surface area contributed by atoms with E-state index in [1.807, 2.05) is 24.4 Å². The highest BCUT2D eigenvalue weighted by molar-refractivity contribution is 8.03. The molecule has 0 atom stereocenters. The van der Waals surface area contributed by atoms with Gasteiger partial charge in [-0.3, -0.25) is 4.98 Å². The maximum absolute atomic E-state index is 5.07. The molecule has 0 amide bonds. The third kappa shape index (κ3) is 5.18. The van der Waals surface area contributed by atoms with Gasteiger partial charge in [-0.1, -0.05) is 120 Å². The van der Waals surface area contributed by atoms with E-state index < -0.39 is 0 Å². The Labute approximate surface area is 271 Å². The lowest BCUT2D eigenvalue weighted by molar-refractivity contribution is 0.901. The smallest absolute Gasteiger partial charge is 0.113 e. The molecule has 2 heterocycles. The summed E-state index contributed by atoms with van der Waals surface area (Å²) in [5.74, 6) is 0. The van der Waals surface area contributed by atoms with Crippen LogP contribution in [0.15, 0.2) is 173 Å². The average molecular weight is 639 g/mol. The van der Waals surface area contributed by atoms with Gasteiger partial charge in [0.2, 0.25) is 0 Å². The van der Waals surface area contributed by atoms with Gasteiger partial charge >= 0.3 is 0 Å². The molecule has 0 aliphatic rings. The van der Waals surface area contributed by atoms with Crippen LogP contribution in [0.5, 0.6) is 0 Å². The summed E-state index contributed by atoms with van der Waals surface area (Å²) in [7, 11) is 0. The van der Waals surface area contributed by atoms with E-state index in [1.165, 1.54) is 0 Å². The first-order valence-corrected chi connectivity index (χ1v) is 17.2. The van der Waals surface area contributed by atoms with Crippen LogP contribution in [-0.4, -0.2) is 20.4 Å². The molecule has 0 saturated heterocycles. The maximum Gasteiger partial charge on any atom is 0.113 e. The van der Waals surface area contributed by atoms with Gasteiger partial charge in [-0.2, -0.15) is 0 Å². The number of hydrogen-bond donors (Lipinski definition) is 0. The molecule has 6 aromatic carbocycles. The first-order chi connectivity index (χ1) is 21.8. The van der Waals surface area contributed by atoms with Crippen molar-refractivity contribution in [3.63, 3.8) is 0 Å². The van der Waals surface area contributed by atoms with Crippen LogP contribution < -0.4 is 0 Å². The van der Waals surface area contributed by atoms with Crippen molar-refractivity contribution in [3.05, 3.63) is 134 Å². The van der Waals surface area contributed by atoms with Crippen LogP contribution in [0.4, 0.5) is 0 Å². The summed E-state index contributed by atoms with van der Waals surface area (Å²) >= 11 is 6.92. The van der Waals surface area contributed by atoms with Gasteiger partial charge in [0.1, 0.15) is 11.0 Å². The number of hydrogen-bond acceptors (Lipinski definition) is 8. The zero-order chi connectivity index (χ0) is 29.3. The van der Waals surface area contributed by atoms with Crippen molar-refractivity contribution in [1.82, 2.24) is 20.4 Å². The number of benzene rings is 6. The van der Waals surface area contributed by atoms with Gasteiger partial charge in [-0.15, -0.1) is 10.2 Å². The second-order valence-electron chi connectivity index (χ2n) is 9.92. The minimum atomic E-state index is 0.846. The molecule has 4 nitrogen and oxygen atoms in total. The minimum Gasteiger partial charge on any atom is -0.255 e. The van der Waals surface area contributed by atoms with Crippen molar-refractivity contribution in [2.45, 2.75) is 39.2 Å². The lowest BCUT2D eigenvalue weighted by Gasteiger charge is -2.21. The summed E-state index contributed by atoms with van der Waals surface area (Å²) in [5.41, 5.74) is 2.64. The Hall–Kier alpha value is -4.08. The third-order valence-electron chi connectivity index (χ3n) is 7.12. The summed E-state index contributed by atoms with van der Waals surface area (Å²) < 4.78 is 0. The summed E-state index contributed by atoms with van der Waals surface area (Å²) in [6.45, 7) is 0. The van der Waals surface area contributed by atoms with Crippen LogP contribution in [0.1, 0.15) is 0 Å². The van der Waals surface area contributed by atoms with E-state index in [9.17, 15) is 0 Å². The zero-order valence-corrected chi connectivity index (χ0v) is 26.4. The Kier molecular flexibility index (Phi) is 7.57. The Balaban J connectivity index is 1.48. The van der Waals surface area contributed by atoms with E-state index in [4.69, 9.17) is 15.2 Å². The van der Waals surface area contributed by atoms with Crippen molar-refractivity contribution < 1.29 is 0 Å². The monoisotopic (exact) mass is 638 g/mol. The average Bonchev–Trinajstić information content (AvgIpc) is 3.09. The summed E-state index contributed by atoms with van der Waals surface area (Å²) in [6, 6.07) is 44.1. The molecule has 210 valence electrons. The van der Waals surface area contributed by atoms with Crippen LogP contribution in [0.25, 0.3) is 32.7 Å². The molecule has 0 aliphatic heterocycles. The van der Waals surface area contributed by atoms with Gasteiger partial charge < -0.3 is 0 Å². The highest BCUT2D eigenvalue weighted by atomic mass is 32.2. The fraction of sp³-hybridized carbons (Fsp3) is 0. The molecule has 8 rings (SSSR count). The van der Waals surface area contributed by atoms with Crippen molar-refractivity contribution in [2.24, 2.45) is 0 Å². The first kappa shape index (κ1) is 27.5. The van der Waals surface area contributed by atoms with Crippen LogP contribution in [0, 0.1) is 0 Å². The quantitative estimate of drug-likeness (QED) is 0.152. The molecule has 0 unspecified atom stereocenters. The van der Waals surface area contributed by atoms with Crippen molar-refractivity contribution >= 4 is 79.8 Å². The SMILES string of the molecule is c1ccc(Sc2c(Sc3ccccc3)c3nnnc4c(Sc5ccccc5)c(Sc5ccccc5)c5nccc2c5c34)cc1. The topological polar surface area (TPSA) is 51.6 Å². The van der Waals surface area contributed by atoms with Crippen molar-refractivity contribution in [1.29, 1.82) is 0 Å². The molecule has 8 heteroatoms. The van der Waals surface area contributed by atoms with E-state index in [0.717, 1.165) is 71.9 Å². The molecule has 0 bridgehead atoms. The van der Waals surface area contributed by atoms with E-state index in [1.54, 1.807) is 47.0 Å². The standard InChI is InChI=1S/C36H22N4S4/c1-5-13-23(14-6-1)41-33-27-21-22-37-30-28(27)29-31(35(33)43-25-17-9-3-10-18-25)38-40-39-32(29)36(44-26-19-11-4-12-20-26)34(30)42-24-15-7-2-8-16-24/h1-22H. The lowest BCUT2D eigenvalue weighted by atomic mass is 10.0. The zero-order valence-electron chi connectivity index (χ0n) is 23.1. The van der Waals surface area contributed by atoms with Gasteiger partial charge in [0.15, 0.2) is 0 Å². The molecule has 0 aliphatic carbocycles. The molecular formula is C36H22N4S4. The van der Waals surface area contributed by atoms with Gasteiger partial charge in [0.05, 0.1) is 20.2 Å². The summed E-state index contributed by atoms with van der Waals surface area (Å²) in [4.78, 5) is 14.0. The molecular weight excluding hydrogens is 617 g/mol. The Morgan fingerprint density at radius 2 is 0.750 bits per heavy atom. The highest BCUT2D eigenvalue weighted by Gasteiger charge is 2.27. The predicted octanol–water partition coefficient (Wildman–Crippen LogP) is 10.8. The number of pyridine rings is 1. The molecule has 0 radical (unpaired) electrons. The fourth-order valence-corrected chi connectivity index (χ4v) is 9.61. The maximum atomic E-state index is 5.07. The predicted molar refractivity (Wildman–Crippen MR) is 184 cm³/mol. The highest BCUT2D eigenvalue weighted by Crippen LogP contribution is 2.53.